The third-order valence-electron chi connectivity index (χ3n) is 4.01. The maximum Gasteiger partial charge on any atom is 0.416 e. The molecule has 5 nitrogen and oxygen atoms in total. The highest BCUT2D eigenvalue weighted by molar-refractivity contribution is 7.80. The molecule has 0 atom stereocenters. The lowest BCUT2D eigenvalue weighted by Gasteiger charge is -2.13. The van der Waals surface area contributed by atoms with Crippen LogP contribution in [0, 0.1) is 5.82 Å². The molecule has 0 saturated heterocycles. The van der Waals surface area contributed by atoms with E-state index in [9.17, 15) is 22.4 Å². The van der Waals surface area contributed by atoms with Crippen LogP contribution in [0.3, 0.4) is 0 Å². The second kappa shape index (κ2) is 7.55. The molecule has 10 heteroatoms. The van der Waals surface area contributed by atoms with Gasteiger partial charge in [0.1, 0.15) is 5.82 Å². The third-order valence-corrected chi connectivity index (χ3v) is 4.20. The topological polar surface area (TPSA) is 56.7 Å². The van der Waals surface area contributed by atoms with Crippen LogP contribution >= 0.6 is 12.2 Å². The van der Waals surface area contributed by atoms with E-state index in [-0.39, 0.29) is 10.8 Å². The molecule has 0 bridgehead atoms. The van der Waals surface area contributed by atoms with Crippen molar-refractivity contribution in [1.82, 2.24) is 5.43 Å². The number of thiocarbonyl (C=S) groups is 1. The zero-order valence-corrected chi connectivity index (χ0v) is 15.3. The van der Waals surface area contributed by atoms with Gasteiger partial charge in [-0.3, -0.25) is 10.2 Å². The van der Waals surface area contributed by atoms with Crippen LogP contribution in [-0.4, -0.2) is 23.3 Å². The number of alkyl halides is 3. The van der Waals surface area contributed by atoms with E-state index in [2.05, 4.69) is 15.8 Å². The Morgan fingerprint density at radius 3 is 2.46 bits per heavy atom. The van der Waals surface area contributed by atoms with E-state index in [0.29, 0.717) is 23.5 Å². The van der Waals surface area contributed by atoms with E-state index in [1.807, 2.05) is 0 Å². The van der Waals surface area contributed by atoms with Gasteiger partial charge < -0.3 is 10.2 Å². The smallest absolute Gasteiger partial charge is 0.331 e. The second-order valence-electron chi connectivity index (χ2n) is 5.81. The fourth-order valence-electron chi connectivity index (χ4n) is 2.72. The highest BCUT2D eigenvalue weighted by Crippen LogP contribution is 2.30. The maximum atomic E-state index is 13.6. The highest BCUT2D eigenvalue weighted by Gasteiger charge is 2.33. The van der Waals surface area contributed by atoms with Crippen LogP contribution in [-0.2, 0) is 11.0 Å². The standard InChI is InChI=1S/C18H14F4N4OS/c1-2-26-14-8-5-11(19)9-13(14)15(16(26)27)24-25-17(28)23-12-6-3-10(4-7-12)18(20,21)22/h3-9H,2H2,1H3,(H2,23,25,28). The number of amides is 1. The third kappa shape index (κ3) is 3.96. The Morgan fingerprint density at radius 2 is 1.86 bits per heavy atom. The maximum absolute atomic E-state index is 13.6. The predicted octanol–water partition coefficient (Wildman–Crippen LogP) is 3.90. The summed E-state index contributed by atoms with van der Waals surface area (Å²) in [4.78, 5) is 13.9. The molecule has 0 saturated carbocycles. The molecule has 28 heavy (non-hydrogen) atoms. The zero-order valence-electron chi connectivity index (χ0n) is 14.5. The molecule has 2 aromatic carbocycles. The molecular formula is C18H14F4N4OS. The van der Waals surface area contributed by atoms with Crippen molar-refractivity contribution in [3.8, 4) is 0 Å². The number of hydrazone groups is 1. The number of carbonyl (C=O) groups excluding carboxylic acids is 1. The molecule has 0 unspecified atom stereocenters. The fraction of sp³-hybridized carbons (Fsp3) is 0.167. The van der Waals surface area contributed by atoms with E-state index in [0.717, 1.165) is 12.1 Å². The molecule has 2 N–H and O–H groups in total. The van der Waals surface area contributed by atoms with Crippen molar-refractivity contribution in [2.75, 3.05) is 16.8 Å². The summed E-state index contributed by atoms with van der Waals surface area (Å²) in [6.45, 7) is 2.16. The Labute approximate surface area is 163 Å². The molecule has 0 fully saturated rings. The minimum atomic E-state index is -4.43. The first-order chi connectivity index (χ1) is 13.2. The number of halogens is 4. The lowest BCUT2D eigenvalue weighted by atomic mass is 10.1. The van der Waals surface area contributed by atoms with Crippen molar-refractivity contribution < 1.29 is 22.4 Å². The van der Waals surface area contributed by atoms with E-state index < -0.39 is 23.5 Å². The minimum absolute atomic E-state index is 0.00656. The molecule has 0 spiro atoms. The van der Waals surface area contributed by atoms with Gasteiger partial charge in [0.15, 0.2) is 10.8 Å². The summed E-state index contributed by atoms with van der Waals surface area (Å²) in [5.41, 5.74) is 2.86. The van der Waals surface area contributed by atoms with E-state index in [1.165, 1.54) is 35.2 Å². The number of benzene rings is 2. The SMILES string of the molecule is CCN1C(=O)C(=NNC(=S)Nc2ccc(C(F)(F)F)cc2)c2cc(F)ccc21. The van der Waals surface area contributed by atoms with E-state index >= 15 is 0 Å². The van der Waals surface area contributed by atoms with Gasteiger partial charge >= 0.3 is 6.18 Å². The van der Waals surface area contributed by atoms with Gasteiger partial charge in [-0.05, 0) is 61.6 Å². The van der Waals surface area contributed by atoms with Gasteiger partial charge in [-0.25, -0.2) is 4.39 Å². The molecule has 2 aromatic rings. The van der Waals surface area contributed by atoms with Crippen molar-refractivity contribution in [3.05, 3.63) is 59.4 Å². The first-order valence-electron chi connectivity index (χ1n) is 8.14. The van der Waals surface area contributed by atoms with Gasteiger partial charge in [0.25, 0.3) is 5.91 Å². The Kier molecular flexibility index (Phi) is 5.32. The molecule has 0 aromatic heterocycles. The van der Waals surface area contributed by atoms with Gasteiger partial charge in [-0.2, -0.15) is 18.3 Å². The van der Waals surface area contributed by atoms with Crippen molar-refractivity contribution in [2.45, 2.75) is 13.1 Å². The summed E-state index contributed by atoms with van der Waals surface area (Å²) >= 11 is 5.05. The average Bonchev–Trinajstić information content (AvgIpc) is 2.89. The molecule has 3 rings (SSSR count). The van der Waals surface area contributed by atoms with Gasteiger partial charge in [-0.1, -0.05) is 0 Å². The summed E-state index contributed by atoms with van der Waals surface area (Å²) in [6.07, 6.45) is -4.43. The average molecular weight is 410 g/mol. The number of nitrogens with one attached hydrogen (secondary N) is 2. The van der Waals surface area contributed by atoms with Gasteiger partial charge in [0, 0.05) is 17.8 Å². The molecular weight excluding hydrogens is 396 g/mol. The number of anilines is 2. The number of likely N-dealkylation sites (N-methyl/N-ethyl adjacent to an activating group) is 1. The molecule has 1 aliphatic heterocycles. The Balaban J connectivity index is 1.74. The summed E-state index contributed by atoms with van der Waals surface area (Å²) in [6, 6.07) is 8.21. The lowest BCUT2D eigenvalue weighted by Crippen LogP contribution is -2.32. The van der Waals surface area contributed by atoms with Crippen LogP contribution < -0.4 is 15.6 Å². The van der Waals surface area contributed by atoms with Gasteiger partial charge in [0.2, 0.25) is 0 Å². The number of rotatable bonds is 3. The van der Waals surface area contributed by atoms with Crippen LogP contribution in [0.5, 0.6) is 0 Å². The second-order valence-corrected chi connectivity index (χ2v) is 6.22. The molecule has 0 aliphatic carbocycles. The van der Waals surface area contributed by atoms with Crippen molar-refractivity contribution in [1.29, 1.82) is 0 Å². The van der Waals surface area contributed by atoms with Crippen molar-refractivity contribution in [2.24, 2.45) is 5.10 Å². The Hall–Kier alpha value is -3.01. The normalized spacial score (nSPS) is 15.0. The van der Waals surface area contributed by atoms with E-state index in [1.54, 1.807) is 6.92 Å². The van der Waals surface area contributed by atoms with E-state index in [4.69, 9.17) is 12.2 Å². The van der Waals surface area contributed by atoms with Gasteiger partial charge in [0.05, 0.1) is 11.3 Å². The fourth-order valence-corrected chi connectivity index (χ4v) is 2.88. The number of carbonyl (C=O) groups is 1. The monoisotopic (exact) mass is 410 g/mol. The summed E-state index contributed by atoms with van der Waals surface area (Å²) < 4.78 is 51.3. The number of hydrogen-bond acceptors (Lipinski definition) is 3. The van der Waals surface area contributed by atoms with Crippen LogP contribution in [0.2, 0.25) is 0 Å². The quantitative estimate of drug-likeness (QED) is 0.458. The summed E-state index contributed by atoms with van der Waals surface area (Å²) in [7, 11) is 0. The summed E-state index contributed by atoms with van der Waals surface area (Å²) in [5.74, 6) is -0.921. The predicted molar refractivity (Wildman–Crippen MR) is 102 cm³/mol. The Bertz CT molecular complexity index is 957. The number of nitrogens with zero attached hydrogens (tertiary/aromatic N) is 2. The molecule has 1 amide bonds. The molecule has 1 aliphatic rings. The van der Waals surface area contributed by atoms with Crippen LogP contribution in [0.25, 0.3) is 0 Å². The largest absolute Gasteiger partial charge is 0.416 e. The zero-order chi connectivity index (χ0) is 20.5. The first kappa shape index (κ1) is 19.7. The summed E-state index contributed by atoms with van der Waals surface area (Å²) in [5, 5.41) is 6.60. The van der Waals surface area contributed by atoms with Crippen LogP contribution in [0.1, 0.15) is 18.1 Å². The molecule has 1 heterocycles. The van der Waals surface area contributed by atoms with Crippen LogP contribution in [0.4, 0.5) is 28.9 Å². The molecule has 0 radical (unpaired) electrons. The van der Waals surface area contributed by atoms with Crippen molar-refractivity contribution >= 4 is 40.3 Å². The minimum Gasteiger partial charge on any atom is -0.331 e. The van der Waals surface area contributed by atoms with Gasteiger partial charge in [-0.15, -0.1) is 0 Å². The lowest BCUT2D eigenvalue weighted by molar-refractivity contribution is -0.137. The number of fused-ring (bicyclic) bond motifs is 1. The first-order valence-corrected chi connectivity index (χ1v) is 8.55. The highest BCUT2D eigenvalue weighted by atomic mass is 32.1. The van der Waals surface area contributed by atoms with Crippen molar-refractivity contribution in [3.63, 3.8) is 0 Å². The van der Waals surface area contributed by atoms with Crippen LogP contribution in [0.15, 0.2) is 47.6 Å². The molecule has 146 valence electrons. The Morgan fingerprint density at radius 1 is 1.18 bits per heavy atom. The number of hydrogen-bond donors (Lipinski definition) is 2.